The number of aryl methyl sites for hydroxylation is 2. The Morgan fingerprint density at radius 2 is 2.00 bits per heavy atom. The van der Waals surface area contributed by atoms with E-state index in [-0.39, 0.29) is 17.3 Å². The van der Waals surface area contributed by atoms with Crippen LogP contribution in [0.1, 0.15) is 24.3 Å². The van der Waals surface area contributed by atoms with Gasteiger partial charge >= 0.3 is 0 Å². The number of rotatable bonds is 4. The molecule has 0 amide bonds. The molecule has 2 heterocycles. The molecule has 0 spiro atoms. The van der Waals surface area contributed by atoms with E-state index in [1.54, 1.807) is 13.8 Å². The predicted molar refractivity (Wildman–Crippen MR) is 66.2 cm³/mol. The van der Waals surface area contributed by atoms with Crippen molar-refractivity contribution in [3.8, 4) is 0 Å². The lowest BCUT2D eigenvalue weighted by molar-refractivity contribution is 0.0223. The van der Waals surface area contributed by atoms with Gasteiger partial charge in [0.1, 0.15) is 10.6 Å². The minimum absolute atomic E-state index is 0.0480. The lowest BCUT2D eigenvalue weighted by atomic mass is 9.93. The van der Waals surface area contributed by atoms with Crippen LogP contribution in [-0.4, -0.2) is 44.0 Å². The van der Waals surface area contributed by atoms with Crippen molar-refractivity contribution in [3.63, 3.8) is 0 Å². The molecule has 1 aromatic rings. The van der Waals surface area contributed by atoms with Crippen molar-refractivity contribution < 1.29 is 22.8 Å². The number of nitrogens with zero attached hydrogens (tertiary/aromatic N) is 1. The van der Waals surface area contributed by atoms with Crippen molar-refractivity contribution in [1.82, 2.24) is 9.88 Å². The molecule has 108 valence electrons. The normalized spacial score (nSPS) is 19.5. The number of hydrogen-bond donors (Lipinski definition) is 2. The average molecular weight is 290 g/mol. The number of aliphatic hydroxyl groups excluding tert-OH is 1. The molecule has 0 radical (unpaired) electrons. The van der Waals surface area contributed by atoms with Crippen LogP contribution in [0.3, 0.4) is 0 Å². The maximum atomic E-state index is 12.4. The summed E-state index contributed by atoms with van der Waals surface area (Å²) in [5.74, 6) is 0.241. The van der Waals surface area contributed by atoms with Crippen molar-refractivity contribution in [3.05, 3.63) is 11.5 Å². The van der Waals surface area contributed by atoms with E-state index in [0.717, 1.165) is 0 Å². The minimum Gasteiger partial charge on any atom is -0.394 e. The summed E-state index contributed by atoms with van der Waals surface area (Å²) in [6.45, 7) is 3.69. The molecule has 1 saturated heterocycles. The highest BCUT2D eigenvalue weighted by atomic mass is 32.2. The topological polar surface area (TPSA) is 102 Å². The Morgan fingerprint density at radius 1 is 1.37 bits per heavy atom. The summed E-state index contributed by atoms with van der Waals surface area (Å²) < 4.78 is 37.5. The molecule has 1 aromatic heterocycles. The number of aromatic nitrogens is 1. The van der Waals surface area contributed by atoms with Crippen molar-refractivity contribution in [1.29, 1.82) is 0 Å². The highest BCUT2D eigenvalue weighted by molar-refractivity contribution is 7.89. The van der Waals surface area contributed by atoms with Crippen LogP contribution in [0, 0.1) is 13.8 Å². The minimum atomic E-state index is -3.77. The van der Waals surface area contributed by atoms with E-state index < -0.39 is 15.6 Å². The molecule has 1 fully saturated rings. The van der Waals surface area contributed by atoms with Gasteiger partial charge in [-0.2, -0.15) is 0 Å². The van der Waals surface area contributed by atoms with Crippen molar-refractivity contribution in [2.45, 2.75) is 37.1 Å². The predicted octanol–water partition coefficient (Wildman–Crippen LogP) is 0.111. The molecule has 19 heavy (non-hydrogen) atoms. The number of ether oxygens (including phenoxy) is 1. The second-order valence-electron chi connectivity index (χ2n) is 4.81. The van der Waals surface area contributed by atoms with Gasteiger partial charge in [-0.15, -0.1) is 0 Å². The van der Waals surface area contributed by atoms with Gasteiger partial charge in [-0.25, -0.2) is 13.1 Å². The molecule has 0 bridgehead atoms. The Balaban J connectivity index is 2.30. The number of sulfonamides is 1. The van der Waals surface area contributed by atoms with Gasteiger partial charge in [0.2, 0.25) is 10.0 Å². The SMILES string of the molecule is Cc1noc(C)c1S(=O)(=O)NC1(CO)CCOCC1. The smallest absolute Gasteiger partial charge is 0.246 e. The first-order chi connectivity index (χ1) is 8.90. The Labute approximate surface area is 112 Å². The van der Waals surface area contributed by atoms with Crippen LogP contribution >= 0.6 is 0 Å². The zero-order valence-corrected chi connectivity index (χ0v) is 11.8. The number of aliphatic hydroxyl groups is 1. The maximum absolute atomic E-state index is 12.4. The molecule has 0 atom stereocenters. The molecule has 2 rings (SSSR count). The monoisotopic (exact) mass is 290 g/mol. The molecular formula is C11H18N2O5S. The van der Waals surface area contributed by atoms with Gasteiger partial charge in [0, 0.05) is 13.2 Å². The second-order valence-corrected chi connectivity index (χ2v) is 6.43. The fourth-order valence-electron chi connectivity index (χ4n) is 2.25. The van der Waals surface area contributed by atoms with Crippen LogP contribution in [0.4, 0.5) is 0 Å². The van der Waals surface area contributed by atoms with E-state index in [2.05, 4.69) is 9.88 Å². The highest BCUT2D eigenvalue weighted by Crippen LogP contribution is 2.25. The van der Waals surface area contributed by atoms with Gasteiger partial charge in [0.25, 0.3) is 0 Å². The zero-order chi connectivity index (χ0) is 14.1. The molecule has 8 heteroatoms. The summed E-state index contributed by atoms with van der Waals surface area (Å²) in [5, 5.41) is 13.2. The van der Waals surface area contributed by atoms with Crippen LogP contribution in [0.5, 0.6) is 0 Å². The van der Waals surface area contributed by atoms with E-state index in [4.69, 9.17) is 9.26 Å². The maximum Gasteiger partial charge on any atom is 0.246 e. The van der Waals surface area contributed by atoms with Crippen LogP contribution in [-0.2, 0) is 14.8 Å². The molecule has 7 nitrogen and oxygen atoms in total. The Kier molecular flexibility index (Phi) is 3.95. The average Bonchev–Trinajstić information content (AvgIpc) is 2.70. The first-order valence-electron chi connectivity index (χ1n) is 6.06. The highest BCUT2D eigenvalue weighted by Gasteiger charge is 2.38. The molecular weight excluding hydrogens is 272 g/mol. The quantitative estimate of drug-likeness (QED) is 0.816. The summed E-state index contributed by atoms with van der Waals surface area (Å²) in [4.78, 5) is 0.0480. The standard InChI is InChI=1S/C11H18N2O5S/c1-8-10(9(2)18-12-8)19(15,16)13-11(7-14)3-5-17-6-4-11/h13-14H,3-7H2,1-2H3. The molecule has 0 aliphatic carbocycles. The fraction of sp³-hybridized carbons (Fsp3) is 0.727. The van der Waals surface area contributed by atoms with E-state index >= 15 is 0 Å². The van der Waals surface area contributed by atoms with Gasteiger partial charge in [-0.1, -0.05) is 5.16 Å². The Bertz CT molecular complexity index is 526. The van der Waals surface area contributed by atoms with Crippen LogP contribution in [0.2, 0.25) is 0 Å². The summed E-state index contributed by atoms with van der Waals surface area (Å²) in [7, 11) is -3.77. The van der Waals surface area contributed by atoms with Crippen molar-refractivity contribution in [2.24, 2.45) is 0 Å². The van der Waals surface area contributed by atoms with Gasteiger partial charge in [-0.05, 0) is 26.7 Å². The van der Waals surface area contributed by atoms with Crippen molar-refractivity contribution in [2.75, 3.05) is 19.8 Å². The molecule has 2 N–H and O–H groups in total. The van der Waals surface area contributed by atoms with E-state index in [0.29, 0.717) is 31.7 Å². The Morgan fingerprint density at radius 3 is 2.47 bits per heavy atom. The van der Waals surface area contributed by atoms with Gasteiger partial charge < -0.3 is 14.4 Å². The van der Waals surface area contributed by atoms with Crippen LogP contribution in [0.15, 0.2) is 9.42 Å². The summed E-state index contributed by atoms with van der Waals surface area (Å²) in [6.07, 6.45) is 0.873. The van der Waals surface area contributed by atoms with Gasteiger partial charge in [0.15, 0.2) is 5.76 Å². The van der Waals surface area contributed by atoms with Crippen LogP contribution < -0.4 is 4.72 Å². The van der Waals surface area contributed by atoms with Crippen LogP contribution in [0.25, 0.3) is 0 Å². The zero-order valence-electron chi connectivity index (χ0n) is 11.0. The molecule has 1 aliphatic heterocycles. The third kappa shape index (κ3) is 2.81. The Hall–Kier alpha value is -0.960. The third-order valence-corrected chi connectivity index (χ3v) is 5.16. The second kappa shape index (κ2) is 5.20. The lowest BCUT2D eigenvalue weighted by Crippen LogP contribution is -2.54. The lowest BCUT2D eigenvalue weighted by Gasteiger charge is -2.35. The summed E-state index contributed by atoms with van der Waals surface area (Å²) in [5.41, 5.74) is -0.558. The van der Waals surface area contributed by atoms with E-state index in [9.17, 15) is 13.5 Å². The van der Waals surface area contributed by atoms with Gasteiger partial charge in [0.05, 0.1) is 12.1 Å². The van der Waals surface area contributed by atoms with Crippen molar-refractivity contribution >= 4 is 10.0 Å². The number of hydrogen-bond acceptors (Lipinski definition) is 6. The molecule has 0 saturated carbocycles. The summed E-state index contributed by atoms with van der Waals surface area (Å²) >= 11 is 0. The third-order valence-electron chi connectivity index (χ3n) is 3.34. The number of nitrogens with one attached hydrogen (secondary N) is 1. The largest absolute Gasteiger partial charge is 0.394 e. The van der Waals surface area contributed by atoms with E-state index in [1.165, 1.54) is 0 Å². The first-order valence-corrected chi connectivity index (χ1v) is 7.54. The van der Waals surface area contributed by atoms with E-state index in [1.807, 2.05) is 0 Å². The molecule has 0 unspecified atom stereocenters. The summed E-state index contributed by atoms with van der Waals surface area (Å²) in [6, 6.07) is 0. The fourth-order valence-corrected chi connectivity index (χ4v) is 4.03. The first kappa shape index (κ1) is 14.4. The molecule has 0 aromatic carbocycles. The van der Waals surface area contributed by atoms with Gasteiger partial charge in [-0.3, -0.25) is 0 Å². The molecule has 1 aliphatic rings.